The zero-order chi connectivity index (χ0) is 12.4. The van der Waals surface area contributed by atoms with E-state index in [0.717, 1.165) is 10.5 Å². The van der Waals surface area contributed by atoms with Crippen LogP contribution in [0.4, 0.5) is 0 Å². The van der Waals surface area contributed by atoms with E-state index in [0.29, 0.717) is 16.7 Å². The van der Waals surface area contributed by atoms with Crippen LogP contribution in [0.3, 0.4) is 0 Å². The summed E-state index contributed by atoms with van der Waals surface area (Å²) in [5.74, 6) is 0.549. The molecule has 5 nitrogen and oxygen atoms in total. The van der Waals surface area contributed by atoms with E-state index in [1.807, 2.05) is 25.1 Å². The van der Waals surface area contributed by atoms with Crippen LogP contribution in [0.1, 0.15) is 17.0 Å². The Labute approximate surface area is 103 Å². The molecule has 1 aromatic carbocycles. The fraction of sp³-hybridized carbons (Fsp3) is 0.182. The molecule has 0 radical (unpaired) electrons. The summed E-state index contributed by atoms with van der Waals surface area (Å²) in [6.07, 6.45) is 0. The summed E-state index contributed by atoms with van der Waals surface area (Å²) >= 11 is 1.32. The smallest absolute Gasteiger partial charge is 0.281 e. The Hall–Kier alpha value is -1.82. The van der Waals surface area contributed by atoms with Crippen molar-refractivity contribution in [3.8, 4) is 0 Å². The van der Waals surface area contributed by atoms with Gasteiger partial charge in [-0.15, -0.1) is 10.2 Å². The lowest BCUT2D eigenvalue weighted by atomic mass is 10.1. The Kier molecular flexibility index (Phi) is 3.14. The Morgan fingerprint density at radius 2 is 2.12 bits per heavy atom. The van der Waals surface area contributed by atoms with Crippen LogP contribution < -0.4 is 5.73 Å². The number of amidine groups is 1. The van der Waals surface area contributed by atoms with Gasteiger partial charge in [-0.05, 0) is 36.4 Å². The minimum Gasteiger partial charge on any atom is -0.416 e. The summed E-state index contributed by atoms with van der Waals surface area (Å²) in [6.45, 7) is 3.71. The second-order valence-corrected chi connectivity index (χ2v) is 4.60. The molecule has 17 heavy (non-hydrogen) atoms. The summed E-state index contributed by atoms with van der Waals surface area (Å²) in [4.78, 5) is 0.848. The molecule has 2 rings (SSSR count). The van der Waals surface area contributed by atoms with E-state index in [1.54, 1.807) is 6.92 Å². The maximum absolute atomic E-state index is 7.52. The molecule has 6 heteroatoms. The average Bonchev–Trinajstić information content (AvgIpc) is 2.63. The number of rotatable bonds is 3. The molecule has 3 N–H and O–H groups in total. The lowest BCUT2D eigenvalue weighted by Gasteiger charge is -2.06. The van der Waals surface area contributed by atoms with Crippen LogP contribution in [0.2, 0.25) is 0 Å². The van der Waals surface area contributed by atoms with Gasteiger partial charge in [0, 0.05) is 17.4 Å². The summed E-state index contributed by atoms with van der Waals surface area (Å²) in [5, 5.41) is 15.6. The van der Waals surface area contributed by atoms with Crippen LogP contribution >= 0.6 is 11.8 Å². The molecular weight excluding hydrogens is 236 g/mol. The maximum Gasteiger partial charge on any atom is 0.281 e. The molecule has 1 heterocycles. The van der Waals surface area contributed by atoms with Crippen LogP contribution in [0.15, 0.2) is 32.7 Å². The zero-order valence-electron chi connectivity index (χ0n) is 9.52. The van der Waals surface area contributed by atoms with E-state index >= 15 is 0 Å². The van der Waals surface area contributed by atoms with E-state index < -0.39 is 0 Å². The summed E-state index contributed by atoms with van der Waals surface area (Å²) < 4.78 is 5.29. The number of benzene rings is 1. The Bertz CT molecular complexity index is 564. The molecule has 0 spiro atoms. The van der Waals surface area contributed by atoms with E-state index in [-0.39, 0.29) is 5.84 Å². The van der Waals surface area contributed by atoms with Crippen LogP contribution in [-0.2, 0) is 0 Å². The number of aryl methyl sites for hydroxylation is 2. The van der Waals surface area contributed by atoms with E-state index in [1.165, 1.54) is 11.8 Å². The van der Waals surface area contributed by atoms with E-state index in [4.69, 9.17) is 15.6 Å². The van der Waals surface area contributed by atoms with Gasteiger partial charge < -0.3 is 10.2 Å². The van der Waals surface area contributed by atoms with Crippen LogP contribution in [-0.4, -0.2) is 16.0 Å². The van der Waals surface area contributed by atoms with Crippen LogP contribution in [0, 0.1) is 19.3 Å². The zero-order valence-corrected chi connectivity index (χ0v) is 10.3. The molecule has 0 atom stereocenters. The van der Waals surface area contributed by atoms with Gasteiger partial charge in [0.05, 0.1) is 0 Å². The maximum atomic E-state index is 7.52. The molecule has 0 aliphatic carbocycles. The second-order valence-electron chi connectivity index (χ2n) is 3.60. The fourth-order valence-electron chi connectivity index (χ4n) is 1.35. The number of hydrogen-bond acceptors (Lipinski definition) is 5. The third-order valence-electron chi connectivity index (χ3n) is 2.13. The Morgan fingerprint density at radius 1 is 1.35 bits per heavy atom. The quantitative estimate of drug-likeness (QED) is 0.641. The second kappa shape index (κ2) is 4.58. The van der Waals surface area contributed by atoms with Gasteiger partial charge in [0.15, 0.2) is 0 Å². The summed E-state index contributed by atoms with van der Waals surface area (Å²) in [5.41, 5.74) is 7.30. The first-order valence-corrected chi connectivity index (χ1v) is 5.81. The molecule has 0 aliphatic rings. The highest BCUT2D eigenvalue weighted by atomic mass is 32.2. The van der Waals surface area contributed by atoms with Crippen molar-refractivity contribution in [3.05, 3.63) is 35.2 Å². The van der Waals surface area contributed by atoms with Crippen molar-refractivity contribution in [3.63, 3.8) is 0 Å². The third-order valence-corrected chi connectivity index (χ3v) is 3.03. The Balaban J connectivity index is 2.37. The summed E-state index contributed by atoms with van der Waals surface area (Å²) in [6, 6.07) is 5.68. The first-order chi connectivity index (χ1) is 8.06. The largest absolute Gasteiger partial charge is 0.416 e. The molecule has 2 aromatic rings. The van der Waals surface area contributed by atoms with Crippen LogP contribution in [0.25, 0.3) is 0 Å². The predicted octanol–water partition coefficient (Wildman–Crippen LogP) is 2.12. The first kappa shape index (κ1) is 11.7. The normalized spacial score (nSPS) is 10.5. The van der Waals surface area contributed by atoms with Crippen molar-refractivity contribution in [2.45, 2.75) is 24.0 Å². The topological polar surface area (TPSA) is 88.8 Å². The molecule has 0 saturated carbocycles. The van der Waals surface area contributed by atoms with Crippen molar-refractivity contribution in [1.29, 1.82) is 5.41 Å². The van der Waals surface area contributed by atoms with Gasteiger partial charge in [-0.3, -0.25) is 5.41 Å². The number of nitrogens with zero attached hydrogens (tertiary/aromatic N) is 2. The molecule has 1 aromatic heterocycles. The van der Waals surface area contributed by atoms with Crippen molar-refractivity contribution >= 4 is 17.6 Å². The van der Waals surface area contributed by atoms with Gasteiger partial charge in [0.25, 0.3) is 5.22 Å². The average molecular weight is 248 g/mol. The van der Waals surface area contributed by atoms with Gasteiger partial charge in [-0.25, -0.2) is 0 Å². The van der Waals surface area contributed by atoms with Crippen molar-refractivity contribution in [1.82, 2.24) is 10.2 Å². The molecule has 88 valence electrons. The highest BCUT2D eigenvalue weighted by Gasteiger charge is 2.11. The standard InChI is InChI=1S/C11H12N4OS/c1-6-3-4-8(10(12)13)9(5-6)17-11-15-14-7(2)16-11/h3-5H,1-2H3,(H3,12,13). The third kappa shape index (κ3) is 2.65. The molecule has 0 amide bonds. The number of nitrogen functional groups attached to an aromatic ring is 1. The van der Waals surface area contributed by atoms with Crippen molar-refractivity contribution in [2.75, 3.05) is 0 Å². The monoisotopic (exact) mass is 248 g/mol. The number of aromatic nitrogens is 2. The summed E-state index contributed by atoms with van der Waals surface area (Å²) in [7, 11) is 0. The van der Waals surface area contributed by atoms with E-state index in [2.05, 4.69) is 10.2 Å². The lowest BCUT2D eigenvalue weighted by molar-refractivity contribution is 0.429. The molecular formula is C11H12N4OS. The van der Waals surface area contributed by atoms with Gasteiger partial charge >= 0.3 is 0 Å². The first-order valence-electron chi connectivity index (χ1n) is 4.99. The van der Waals surface area contributed by atoms with Gasteiger partial charge in [0.1, 0.15) is 5.84 Å². The van der Waals surface area contributed by atoms with Crippen LogP contribution in [0.5, 0.6) is 0 Å². The minimum absolute atomic E-state index is 0.0312. The Morgan fingerprint density at radius 3 is 2.71 bits per heavy atom. The van der Waals surface area contributed by atoms with Gasteiger partial charge in [-0.1, -0.05) is 6.07 Å². The molecule has 0 aliphatic heterocycles. The lowest BCUT2D eigenvalue weighted by Crippen LogP contribution is -2.12. The van der Waals surface area contributed by atoms with Gasteiger partial charge in [-0.2, -0.15) is 0 Å². The molecule has 0 unspecified atom stereocenters. The van der Waals surface area contributed by atoms with Gasteiger partial charge in [0.2, 0.25) is 5.89 Å². The SMILES string of the molecule is Cc1ccc(C(=N)N)c(Sc2nnc(C)o2)c1. The fourth-order valence-corrected chi connectivity index (χ4v) is 2.32. The molecule has 0 saturated heterocycles. The number of nitrogens with two attached hydrogens (primary N) is 1. The van der Waals surface area contributed by atoms with E-state index in [9.17, 15) is 0 Å². The molecule has 0 fully saturated rings. The van der Waals surface area contributed by atoms with Crippen molar-refractivity contribution in [2.24, 2.45) is 5.73 Å². The predicted molar refractivity (Wildman–Crippen MR) is 65.4 cm³/mol. The minimum atomic E-state index is 0.0312. The number of nitrogens with one attached hydrogen (secondary N) is 1. The highest BCUT2D eigenvalue weighted by molar-refractivity contribution is 7.99. The number of hydrogen-bond donors (Lipinski definition) is 2. The van der Waals surface area contributed by atoms with Crippen molar-refractivity contribution < 1.29 is 4.42 Å². The highest BCUT2D eigenvalue weighted by Crippen LogP contribution is 2.30. The molecule has 0 bridgehead atoms.